The summed E-state index contributed by atoms with van der Waals surface area (Å²) >= 11 is 1.47. The molecule has 1 fully saturated rings. The van der Waals surface area contributed by atoms with Gasteiger partial charge in [0.2, 0.25) is 10.0 Å². The van der Waals surface area contributed by atoms with E-state index < -0.39 is 21.8 Å². The van der Waals surface area contributed by atoms with E-state index >= 15 is 0 Å². The van der Waals surface area contributed by atoms with Crippen molar-refractivity contribution in [1.29, 1.82) is 0 Å². The fourth-order valence-electron chi connectivity index (χ4n) is 4.79. The number of aromatic nitrogens is 2. The molecule has 1 N–H and O–H groups in total. The number of halogens is 3. The lowest BCUT2D eigenvalue weighted by atomic mass is 10.1. The maximum atomic E-state index is 13.1. The van der Waals surface area contributed by atoms with Crippen LogP contribution in [-0.2, 0) is 22.6 Å². The number of nitrogens with one attached hydrogen (secondary N) is 1. The minimum absolute atomic E-state index is 0.0122. The maximum absolute atomic E-state index is 13.1. The van der Waals surface area contributed by atoms with E-state index in [9.17, 15) is 31.2 Å². The second kappa shape index (κ2) is 10.5. The van der Waals surface area contributed by atoms with E-state index in [1.165, 1.54) is 16.2 Å². The first kappa shape index (κ1) is 28.0. The number of benzene rings is 2. The highest BCUT2D eigenvalue weighted by Gasteiger charge is 2.33. The second-order valence-corrected chi connectivity index (χ2v) is 12.5. The smallest absolute Gasteiger partial charge is 0.336 e. The molecule has 4 aromatic rings. The maximum Gasteiger partial charge on any atom is 0.416 e. The van der Waals surface area contributed by atoms with Crippen LogP contribution in [0.3, 0.4) is 0 Å². The normalized spacial score (nSPS) is 15.1. The summed E-state index contributed by atoms with van der Waals surface area (Å²) in [4.78, 5) is 36.3. The Morgan fingerprint density at radius 2 is 1.65 bits per heavy atom. The van der Waals surface area contributed by atoms with Gasteiger partial charge in [0, 0.05) is 42.2 Å². The van der Waals surface area contributed by atoms with Gasteiger partial charge < -0.3 is 9.88 Å². The molecule has 0 spiro atoms. The molecule has 1 aliphatic heterocycles. The first-order valence-corrected chi connectivity index (χ1v) is 14.7. The Morgan fingerprint density at radius 1 is 1.02 bits per heavy atom. The van der Waals surface area contributed by atoms with Crippen LogP contribution >= 0.6 is 11.3 Å². The molecule has 0 bridgehead atoms. The van der Waals surface area contributed by atoms with Crippen molar-refractivity contribution in [2.24, 2.45) is 0 Å². The number of hydrogen-bond donors (Lipinski definition) is 1. The lowest BCUT2D eigenvalue weighted by Gasteiger charge is -2.34. The van der Waals surface area contributed by atoms with Gasteiger partial charge >= 0.3 is 6.18 Å². The number of aryl methyl sites for hydroxylation is 2. The number of fused-ring (bicyclic) bond motifs is 1. The standard InChI is InChI=1S/C27H25F3N4O4S2/c1-3-21-16(2)39-25-22(21)24(35)31-23(32-25)17-4-6-18(7-5-17)26(36)33-12-14-34(15-13-33)40(37,38)20-10-8-19(9-11-20)27(28,29)30/h4-11H,3,12-15H2,1-2H3,(H,31,32,35). The molecule has 1 aliphatic rings. The fraction of sp³-hybridized carbons (Fsp3) is 0.296. The van der Waals surface area contributed by atoms with Crippen molar-refractivity contribution in [3.8, 4) is 11.4 Å². The van der Waals surface area contributed by atoms with Gasteiger partial charge in [-0.05, 0) is 55.3 Å². The van der Waals surface area contributed by atoms with Crippen LogP contribution in [0.5, 0.6) is 0 Å². The first-order chi connectivity index (χ1) is 18.9. The molecule has 5 rings (SSSR count). The van der Waals surface area contributed by atoms with Gasteiger partial charge in [0.1, 0.15) is 10.7 Å². The zero-order valence-electron chi connectivity index (χ0n) is 21.6. The van der Waals surface area contributed by atoms with Gasteiger partial charge in [-0.25, -0.2) is 13.4 Å². The zero-order chi connectivity index (χ0) is 28.8. The molecule has 3 heterocycles. The lowest BCUT2D eigenvalue weighted by Crippen LogP contribution is -2.50. The average Bonchev–Trinajstić information content (AvgIpc) is 3.27. The van der Waals surface area contributed by atoms with Gasteiger partial charge in [0.05, 0.1) is 15.8 Å². The van der Waals surface area contributed by atoms with Crippen molar-refractivity contribution in [3.05, 3.63) is 80.5 Å². The number of carbonyl (C=O) groups excluding carboxylic acids is 1. The Kier molecular flexibility index (Phi) is 7.31. The quantitative estimate of drug-likeness (QED) is 0.363. The van der Waals surface area contributed by atoms with Crippen LogP contribution in [0.15, 0.2) is 58.2 Å². The van der Waals surface area contributed by atoms with Gasteiger partial charge in [-0.15, -0.1) is 11.3 Å². The van der Waals surface area contributed by atoms with Crippen molar-refractivity contribution in [2.75, 3.05) is 26.2 Å². The van der Waals surface area contributed by atoms with Crippen LogP contribution < -0.4 is 5.56 Å². The minimum Gasteiger partial charge on any atom is -0.336 e. The van der Waals surface area contributed by atoms with Crippen molar-refractivity contribution in [1.82, 2.24) is 19.2 Å². The molecule has 210 valence electrons. The third-order valence-corrected chi connectivity index (χ3v) is 9.92. The monoisotopic (exact) mass is 590 g/mol. The number of H-pyrrole nitrogens is 1. The number of amides is 1. The molecular formula is C27H25F3N4O4S2. The predicted octanol–water partition coefficient (Wildman–Crippen LogP) is 4.69. The summed E-state index contributed by atoms with van der Waals surface area (Å²) in [6, 6.07) is 10.0. The minimum atomic E-state index is -4.56. The van der Waals surface area contributed by atoms with E-state index in [0.717, 1.165) is 45.4 Å². The molecule has 0 unspecified atom stereocenters. The van der Waals surface area contributed by atoms with E-state index in [4.69, 9.17) is 0 Å². The summed E-state index contributed by atoms with van der Waals surface area (Å²) in [6.07, 6.45) is -3.82. The summed E-state index contributed by atoms with van der Waals surface area (Å²) in [6.45, 7) is 4.24. The Hall–Kier alpha value is -3.55. The number of nitrogens with zero attached hydrogens (tertiary/aromatic N) is 3. The molecule has 8 nitrogen and oxygen atoms in total. The van der Waals surface area contributed by atoms with Crippen molar-refractivity contribution >= 4 is 37.5 Å². The summed E-state index contributed by atoms with van der Waals surface area (Å²) in [7, 11) is -4.00. The highest BCUT2D eigenvalue weighted by Crippen LogP contribution is 2.31. The van der Waals surface area contributed by atoms with Crippen LogP contribution in [0.1, 0.15) is 33.3 Å². The third kappa shape index (κ3) is 5.16. The number of carbonyl (C=O) groups is 1. The molecule has 2 aromatic heterocycles. The van der Waals surface area contributed by atoms with Crippen LogP contribution in [0.4, 0.5) is 13.2 Å². The van der Waals surface area contributed by atoms with E-state index in [1.807, 2.05) is 13.8 Å². The van der Waals surface area contributed by atoms with Crippen molar-refractivity contribution < 1.29 is 26.4 Å². The third-order valence-electron chi connectivity index (χ3n) is 6.97. The topological polar surface area (TPSA) is 103 Å². The van der Waals surface area contributed by atoms with Gasteiger partial charge in [0.25, 0.3) is 11.5 Å². The van der Waals surface area contributed by atoms with Crippen LogP contribution in [0.2, 0.25) is 0 Å². The van der Waals surface area contributed by atoms with Crippen molar-refractivity contribution in [2.45, 2.75) is 31.3 Å². The van der Waals surface area contributed by atoms with E-state index in [1.54, 1.807) is 24.3 Å². The molecule has 1 saturated heterocycles. The number of piperazine rings is 1. The molecule has 0 aliphatic carbocycles. The van der Waals surface area contributed by atoms with E-state index in [-0.39, 0.29) is 42.5 Å². The Balaban J connectivity index is 1.27. The van der Waals surface area contributed by atoms with E-state index in [2.05, 4.69) is 9.97 Å². The molecule has 2 aromatic carbocycles. The zero-order valence-corrected chi connectivity index (χ0v) is 23.2. The fourth-order valence-corrected chi connectivity index (χ4v) is 7.32. The number of rotatable bonds is 5. The number of hydrogen-bond acceptors (Lipinski definition) is 6. The highest BCUT2D eigenvalue weighted by atomic mass is 32.2. The summed E-state index contributed by atoms with van der Waals surface area (Å²) in [5.41, 5.74) is 0.903. The number of alkyl halides is 3. The molecule has 13 heteroatoms. The second-order valence-electron chi connectivity index (χ2n) is 9.38. The molecule has 0 saturated carbocycles. The molecular weight excluding hydrogens is 565 g/mol. The number of thiophene rings is 1. The molecule has 0 radical (unpaired) electrons. The van der Waals surface area contributed by atoms with Crippen LogP contribution in [0, 0.1) is 6.92 Å². The van der Waals surface area contributed by atoms with Gasteiger partial charge in [-0.2, -0.15) is 17.5 Å². The number of sulfonamides is 1. The van der Waals surface area contributed by atoms with Gasteiger partial charge in [-0.3, -0.25) is 9.59 Å². The molecule has 1 amide bonds. The van der Waals surface area contributed by atoms with Gasteiger partial charge in [-0.1, -0.05) is 19.1 Å². The molecule has 40 heavy (non-hydrogen) atoms. The Morgan fingerprint density at radius 3 is 2.23 bits per heavy atom. The average molecular weight is 591 g/mol. The SMILES string of the molecule is CCc1c(C)sc2nc(-c3ccc(C(=O)N4CCN(S(=O)(=O)c5ccc(C(F)(F)F)cc5)CC4)cc3)[nH]c(=O)c12. The van der Waals surface area contributed by atoms with Crippen LogP contribution in [-0.4, -0.2) is 59.7 Å². The van der Waals surface area contributed by atoms with Crippen molar-refractivity contribution in [3.63, 3.8) is 0 Å². The largest absolute Gasteiger partial charge is 0.416 e. The number of aromatic amines is 1. The summed E-state index contributed by atoms with van der Waals surface area (Å²) < 4.78 is 65.5. The Bertz CT molecular complexity index is 1740. The highest BCUT2D eigenvalue weighted by molar-refractivity contribution is 7.89. The van der Waals surface area contributed by atoms with E-state index in [0.29, 0.717) is 27.2 Å². The van der Waals surface area contributed by atoms with Gasteiger partial charge in [0.15, 0.2) is 0 Å². The van der Waals surface area contributed by atoms with Crippen LogP contribution in [0.25, 0.3) is 21.6 Å². The summed E-state index contributed by atoms with van der Waals surface area (Å²) in [5, 5.41) is 0.611. The summed E-state index contributed by atoms with van der Waals surface area (Å²) in [5.74, 6) is 0.124. The first-order valence-electron chi connectivity index (χ1n) is 12.5. The lowest BCUT2D eigenvalue weighted by molar-refractivity contribution is -0.137. The Labute approximate surface area is 232 Å². The molecule has 0 atom stereocenters. The predicted molar refractivity (Wildman–Crippen MR) is 146 cm³/mol.